The van der Waals surface area contributed by atoms with E-state index in [0.29, 0.717) is 19.6 Å². The fourth-order valence-corrected chi connectivity index (χ4v) is 6.35. The van der Waals surface area contributed by atoms with E-state index in [1.165, 1.54) is 0 Å². The number of rotatable bonds is 7. The second-order valence-electron chi connectivity index (χ2n) is 10.3. The number of nitrogen functional groups attached to an aromatic ring is 1. The Kier molecular flexibility index (Phi) is 7.10. The highest BCUT2D eigenvalue weighted by atomic mass is 32.1. The molecule has 4 aromatic rings. The van der Waals surface area contributed by atoms with E-state index in [2.05, 4.69) is 25.2 Å². The number of hydrogen-bond donors (Lipinski definition) is 2. The van der Waals surface area contributed by atoms with Crippen LogP contribution in [-0.4, -0.2) is 71.8 Å². The van der Waals surface area contributed by atoms with Crippen molar-refractivity contribution in [1.82, 2.24) is 25.2 Å². The van der Waals surface area contributed by atoms with Gasteiger partial charge in [0.2, 0.25) is 0 Å². The van der Waals surface area contributed by atoms with Gasteiger partial charge in [-0.15, -0.1) is 0 Å². The summed E-state index contributed by atoms with van der Waals surface area (Å²) in [5, 5.41) is 3.01. The number of thiazole rings is 1. The predicted molar refractivity (Wildman–Crippen MR) is 148 cm³/mol. The molecule has 2 aromatic carbocycles. The summed E-state index contributed by atoms with van der Waals surface area (Å²) in [7, 11) is 1.98. The van der Waals surface area contributed by atoms with Crippen molar-refractivity contribution in [1.29, 1.82) is 0 Å². The molecule has 0 aliphatic carbocycles. The Bertz CT molecular complexity index is 1620. The molecule has 0 bridgehead atoms. The number of nitrogens with zero attached hydrogens (tertiary/aromatic N) is 5. The molecular formula is C27H28F5N7OS. The lowest BCUT2D eigenvalue weighted by Gasteiger charge is -2.39. The minimum Gasteiger partial charge on any atom is -0.462 e. The standard InChI is InChI=1S/C27H28F5N7OS/c1-3-39(14-10-34-11-14)24-16-9-17(27(30,31)32)19(15-6-7-18(28)23-22(15)35-25(33)41-23)20(29)21(16)36-26(37-24)40-12-13-5-4-8-38(13)2/h6-7,9,13-14,34H,3-5,8,10-12H2,1-2H3,(H2,33,35)/t13-/m0/s1. The lowest BCUT2D eigenvalue weighted by atomic mass is 9.95. The molecular weight excluding hydrogens is 565 g/mol. The van der Waals surface area contributed by atoms with Crippen molar-refractivity contribution in [2.75, 3.05) is 50.5 Å². The van der Waals surface area contributed by atoms with Crippen molar-refractivity contribution in [3.05, 3.63) is 35.4 Å². The highest BCUT2D eigenvalue weighted by Gasteiger charge is 2.39. The lowest BCUT2D eigenvalue weighted by Crippen LogP contribution is -2.57. The molecule has 218 valence electrons. The van der Waals surface area contributed by atoms with Gasteiger partial charge in [-0.3, -0.25) is 0 Å². The minimum atomic E-state index is -4.96. The maximum Gasteiger partial charge on any atom is 0.417 e. The van der Waals surface area contributed by atoms with Crippen LogP contribution in [0.4, 0.5) is 32.9 Å². The molecule has 2 aliphatic rings. The molecule has 0 amide bonds. The largest absolute Gasteiger partial charge is 0.462 e. The van der Waals surface area contributed by atoms with Gasteiger partial charge in [0.25, 0.3) is 0 Å². The van der Waals surface area contributed by atoms with Crippen molar-refractivity contribution in [2.45, 2.75) is 38.0 Å². The van der Waals surface area contributed by atoms with Gasteiger partial charge in [-0.25, -0.2) is 13.8 Å². The first-order valence-electron chi connectivity index (χ1n) is 13.3. The summed E-state index contributed by atoms with van der Waals surface area (Å²) < 4.78 is 80.8. The molecule has 4 heterocycles. The van der Waals surface area contributed by atoms with Gasteiger partial charge in [-0.2, -0.15) is 23.1 Å². The van der Waals surface area contributed by atoms with Crippen LogP contribution in [0.1, 0.15) is 25.3 Å². The molecule has 14 heteroatoms. The number of likely N-dealkylation sites (tertiary alicyclic amines) is 1. The third-order valence-electron chi connectivity index (χ3n) is 7.87. The monoisotopic (exact) mass is 593 g/mol. The van der Waals surface area contributed by atoms with Gasteiger partial charge in [-0.05, 0) is 51.6 Å². The zero-order valence-corrected chi connectivity index (χ0v) is 23.2. The van der Waals surface area contributed by atoms with Gasteiger partial charge in [0.15, 0.2) is 10.9 Å². The number of aromatic nitrogens is 3. The van der Waals surface area contributed by atoms with Crippen molar-refractivity contribution < 1.29 is 26.7 Å². The van der Waals surface area contributed by atoms with E-state index >= 15 is 4.39 Å². The lowest BCUT2D eigenvalue weighted by molar-refractivity contribution is -0.137. The van der Waals surface area contributed by atoms with E-state index in [1.807, 2.05) is 18.9 Å². The Hall–Kier alpha value is -3.36. The Morgan fingerprint density at radius 1 is 1.17 bits per heavy atom. The summed E-state index contributed by atoms with van der Waals surface area (Å²) in [4.78, 5) is 16.9. The molecule has 1 atom stereocenters. The van der Waals surface area contributed by atoms with Gasteiger partial charge >= 0.3 is 12.2 Å². The van der Waals surface area contributed by atoms with Gasteiger partial charge in [0.05, 0.1) is 21.8 Å². The van der Waals surface area contributed by atoms with Crippen molar-refractivity contribution in [2.24, 2.45) is 0 Å². The number of hydrogen-bond acceptors (Lipinski definition) is 9. The van der Waals surface area contributed by atoms with E-state index in [-0.39, 0.29) is 62.3 Å². The molecule has 41 heavy (non-hydrogen) atoms. The fourth-order valence-electron chi connectivity index (χ4n) is 5.59. The minimum absolute atomic E-state index is 0.0429. The second-order valence-corrected chi connectivity index (χ2v) is 11.4. The quantitative estimate of drug-likeness (QED) is 0.288. The SMILES string of the molecule is CCN(c1nc(OC[C@@H]2CCCN2C)nc2c(F)c(-c3ccc(F)c4sc(N)nc34)c(C(F)(F)F)cc12)C1CNC1. The van der Waals surface area contributed by atoms with Crippen LogP contribution < -0.4 is 20.7 Å². The van der Waals surface area contributed by atoms with Crippen LogP contribution in [0.25, 0.3) is 32.2 Å². The number of ether oxygens (including phenoxy) is 1. The number of likely N-dealkylation sites (N-methyl/N-ethyl adjacent to an activating group) is 2. The zero-order chi connectivity index (χ0) is 29.1. The van der Waals surface area contributed by atoms with Gasteiger partial charge < -0.3 is 25.6 Å². The number of fused-ring (bicyclic) bond motifs is 2. The Balaban J connectivity index is 1.60. The van der Waals surface area contributed by atoms with Crippen molar-refractivity contribution >= 4 is 43.4 Å². The number of benzene rings is 2. The van der Waals surface area contributed by atoms with Crippen LogP contribution in [0.2, 0.25) is 0 Å². The summed E-state index contributed by atoms with van der Waals surface area (Å²) in [6.07, 6.45) is -3.03. The first-order valence-corrected chi connectivity index (χ1v) is 14.1. The van der Waals surface area contributed by atoms with Crippen LogP contribution in [0.3, 0.4) is 0 Å². The Morgan fingerprint density at radius 3 is 2.59 bits per heavy atom. The molecule has 8 nitrogen and oxygen atoms in total. The molecule has 3 N–H and O–H groups in total. The summed E-state index contributed by atoms with van der Waals surface area (Å²) in [6.45, 7) is 4.66. The maximum atomic E-state index is 16.6. The van der Waals surface area contributed by atoms with Crippen LogP contribution in [0, 0.1) is 11.6 Å². The molecule has 2 fully saturated rings. The van der Waals surface area contributed by atoms with Crippen molar-refractivity contribution in [3.8, 4) is 17.1 Å². The third-order valence-corrected chi connectivity index (χ3v) is 8.76. The number of halogens is 5. The molecule has 0 radical (unpaired) electrons. The van der Waals surface area contributed by atoms with E-state index in [4.69, 9.17) is 10.5 Å². The Morgan fingerprint density at radius 2 is 1.95 bits per heavy atom. The zero-order valence-electron chi connectivity index (χ0n) is 22.4. The number of nitrogens with two attached hydrogens (primary N) is 1. The molecule has 0 unspecified atom stereocenters. The first kappa shape index (κ1) is 27.8. The summed E-state index contributed by atoms with van der Waals surface area (Å²) >= 11 is 0.779. The third kappa shape index (κ3) is 4.91. The average molecular weight is 594 g/mol. The normalized spacial score (nSPS) is 18.4. The first-order chi connectivity index (χ1) is 19.6. The molecule has 0 spiro atoms. The number of alkyl halides is 3. The average Bonchev–Trinajstić information content (AvgIpc) is 3.50. The summed E-state index contributed by atoms with van der Waals surface area (Å²) in [6, 6.07) is 2.90. The highest BCUT2D eigenvalue weighted by molar-refractivity contribution is 7.22. The molecule has 6 rings (SSSR count). The molecule has 2 aliphatic heterocycles. The van der Waals surface area contributed by atoms with Crippen LogP contribution in [0.15, 0.2) is 18.2 Å². The molecule has 0 saturated carbocycles. The maximum absolute atomic E-state index is 16.6. The predicted octanol–water partition coefficient (Wildman–Crippen LogP) is 5.06. The summed E-state index contributed by atoms with van der Waals surface area (Å²) in [5.74, 6) is -1.77. The van der Waals surface area contributed by atoms with E-state index in [9.17, 15) is 17.6 Å². The highest BCUT2D eigenvalue weighted by Crippen LogP contribution is 2.46. The van der Waals surface area contributed by atoms with Crippen LogP contribution >= 0.6 is 11.3 Å². The number of anilines is 2. The Labute approximate surface area is 236 Å². The topological polar surface area (TPSA) is 92.4 Å². The molecule has 2 saturated heterocycles. The van der Waals surface area contributed by atoms with Gasteiger partial charge in [0, 0.05) is 42.2 Å². The molecule has 2 aromatic heterocycles. The van der Waals surface area contributed by atoms with Crippen LogP contribution in [-0.2, 0) is 6.18 Å². The number of nitrogens with one attached hydrogen (secondary N) is 1. The smallest absolute Gasteiger partial charge is 0.417 e. The fraction of sp³-hybridized carbons (Fsp3) is 0.444. The van der Waals surface area contributed by atoms with Crippen molar-refractivity contribution in [3.63, 3.8) is 0 Å². The van der Waals surface area contributed by atoms with Gasteiger partial charge in [0.1, 0.15) is 23.8 Å². The van der Waals surface area contributed by atoms with E-state index in [1.54, 1.807) is 0 Å². The van der Waals surface area contributed by atoms with E-state index < -0.39 is 28.9 Å². The van der Waals surface area contributed by atoms with E-state index in [0.717, 1.165) is 48.9 Å². The van der Waals surface area contributed by atoms with Gasteiger partial charge in [-0.1, -0.05) is 11.3 Å². The second kappa shape index (κ2) is 10.5. The van der Waals surface area contributed by atoms with Crippen LogP contribution in [0.5, 0.6) is 6.01 Å². The summed E-state index contributed by atoms with van der Waals surface area (Å²) in [5.41, 5.74) is 3.04.